The summed E-state index contributed by atoms with van der Waals surface area (Å²) >= 11 is 0. The number of allylic oxidation sites excluding steroid dienone is 3. The predicted octanol–water partition coefficient (Wildman–Crippen LogP) is 3.42. The van der Waals surface area contributed by atoms with Crippen LogP contribution in [0, 0.1) is 0 Å². The van der Waals surface area contributed by atoms with Gasteiger partial charge in [0.1, 0.15) is 0 Å². The molecule has 2 rings (SSSR count). The van der Waals surface area contributed by atoms with Crippen LogP contribution in [0.1, 0.15) is 37.3 Å². The first-order valence-corrected chi connectivity index (χ1v) is 8.16. The molecule has 1 aliphatic heterocycles. The molecule has 1 aliphatic rings. The van der Waals surface area contributed by atoms with Gasteiger partial charge in [0.15, 0.2) is 0 Å². The van der Waals surface area contributed by atoms with E-state index in [-0.39, 0.29) is 5.91 Å². The highest BCUT2D eigenvalue weighted by atomic mass is 16.1. The van der Waals surface area contributed by atoms with Gasteiger partial charge in [0.2, 0.25) is 5.91 Å². The molecular weight excluding hydrogens is 272 g/mol. The number of piperidine rings is 1. The number of carbonyl (C=O) groups is 1. The molecular formula is C19H26N2O. The van der Waals surface area contributed by atoms with Gasteiger partial charge in [-0.25, -0.2) is 0 Å². The number of benzene rings is 1. The highest BCUT2D eigenvalue weighted by molar-refractivity contribution is 5.87. The summed E-state index contributed by atoms with van der Waals surface area (Å²) in [5.41, 5.74) is 2.53. The van der Waals surface area contributed by atoms with Gasteiger partial charge in [-0.2, -0.15) is 0 Å². The molecule has 22 heavy (non-hydrogen) atoms. The lowest BCUT2D eigenvalue weighted by molar-refractivity contribution is -0.116. The molecule has 0 aromatic heterocycles. The van der Waals surface area contributed by atoms with Crippen LogP contribution in [0.2, 0.25) is 0 Å². The van der Waals surface area contributed by atoms with Gasteiger partial charge >= 0.3 is 0 Å². The van der Waals surface area contributed by atoms with Crippen molar-refractivity contribution in [2.24, 2.45) is 0 Å². The fraction of sp³-hybridized carbons (Fsp3) is 0.421. The van der Waals surface area contributed by atoms with Crippen molar-refractivity contribution in [3.8, 4) is 0 Å². The molecule has 1 aromatic carbocycles. The lowest BCUT2D eigenvalue weighted by atomic mass is 10.0. The van der Waals surface area contributed by atoms with Gasteiger partial charge in [0, 0.05) is 19.2 Å². The SMILES string of the molecule is C/C=C/C=C/C(=O)NCc1ccccc1CN1CCCCC1. The summed E-state index contributed by atoms with van der Waals surface area (Å²) in [4.78, 5) is 14.3. The van der Waals surface area contributed by atoms with Crippen LogP contribution in [-0.4, -0.2) is 23.9 Å². The summed E-state index contributed by atoms with van der Waals surface area (Å²) < 4.78 is 0. The minimum atomic E-state index is -0.0501. The predicted molar refractivity (Wildman–Crippen MR) is 91.4 cm³/mol. The Kier molecular flexibility index (Phi) is 6.91. The highest BCUT2D eigenvalue weighted by Crippen LogP contribution is 2.16. The zero-order chi connectivity index (χ0) is 15.6. The Balaban J connectivity index is 1.91. The van der Waals surface area contributed by atoms with Gasteiger partial charge in [-0.1, -0.05) is 48.9 Å². The van der Waals surface area contributed by atoms with E-state index < -0.39 is 0 Å². The van der Waals surface area contributed by atoms with E-state index in [9.17, 15) is 4.79 Å². The van der Waals surface area contributed by atoms with Gasteiger partial charge in [0.05, 0.1) is 0 Å². The molecule has 1 saturated heterocycles. The van der Waals surface area contributed by atoms with Crippen molar-refractivity contribution >= 4 is 5.91 Å². The van der Waals surface area contributed by atoms with E-state index in [0.29, 0.717) is 6.54 Å². The first-order chi connectivity index (χ1) is 10.8. The molecule has 1 aromatic rings. The van der Waals surface area contributed by atoms with Gasteiger partial charge < -0.3 is 5.32 Å². The third-order valence-electron chi connectivity index (χ3n) is 3.97. The van der Waals surface area contributed by atoms with Crippen molar-refractivity contribution in [2.45, 2.75) is 39.3 Å². The molecule has 1 amide bonds. The van der Waals surface area contributed by atoms with Crippen molar-refractivity contribution in [3.63, 3.8) is 0 Å². The number of carbonyl (C=O) groups excluding carboxylic acids is 1. The summed E-state index contributed by atoms with van der Waals surface area (Å²) in [6.07, 6.45) is 11.0. The second-order valence-corrected chi connectivity index (χ2v) is 5.71. The van der Waals surface area contributed by atoms with E-state index in [1.165, 1.54) is 43.5 Å². The second kappa shape index (κ2) is 9.21. The normalized spacial score (nSPS) is 16.4. The maximum atomic E-state index is 11.8. The van der Waals surface area contributed by atoms with Crippen LogP contribution in [0.25, 0.3) is 0 Å². The number of rotatable bonds is 6. The molecule has 0 radical (unpaired) electrons. The molecule has 0 atom stereocenters. The fourth-order valence-corrected chi connectivity index (χ4v) is 2.74. The van der Waals surface area contributed by atoms with Crippen LogP contribution < -0.4 is 5.32 Å². The average Bonchev–Trinajstić information content (AvgIpc) is 2.55. The summed E-state index contributed by atoms with van der Waals surface area (Å²) in [7, 11) is 0. The quantitative estimate of drug-likeness (QED) is 0.644. The van der Waals surface area contributed by atoms with Crippen molar-refractivity contribution in [1.82, 2.24) is 10.2 Å². The van der Waals surface area contributed by atoms with Gasteiger partial charge in [0.25, 0.3) is 0 Å². The van der Waals surface area contributed by atoms with Crippen LogP contribution in [0.15, 0.2) is 48.6 Å². The first kappa shape index (κ1) is 16.5. The monoisotopic (exact) mass is 298 g/mol. The van der Waals surface area contributed by atoms with Gasteiger partial charge in [-0.05, 0) is 44.0 Å². The lowest BCUT2D eigenvalue weighted by Gasteiger charge is -2.27. The van der Waals surface area contributed by atoms with Crippen LogP contribution in [0.4, 0.5) is 0 Å². The topological polar surface area (TPSA) is 32.3 Å². The fourth-order valence-electron chi connectivity index (χ4n) is 2.74. The Morgan fingerprint density at radius 3 is 2.59 bits per heavy atom. The second-order valence-electron chi connectivity index (χ2n) is 5.71. The molecule has 3 heteroatoms. The molecule has 0 unspecified atom stereocenters. The Morgan fingerprint density at radius 2 is 1.86 bits per heavy atom. The number of nitrogens with one attached hydrogen (secondary N) is 1. The van der Waals surface area contributed by atoms with E-state index in [1.54, 1.807) is 12.2 Å². The minimum absolute atomic E-state index is 0.0501. The number of nitrogens with zero attached hydrogens (tertiary/aromatic N) is 1. The summed E-state index contributed by atoms with van der Waals surface area (Å²) in [6.45, 7) is 5.88. The van der Waals surface area contributed by atoms with Gasteiger partial charge in [-0.15, -0.1) is 0 Å². The third-order valence-corrected chi connectivity index (χ3v) is 3.97. The van der Waals surface area contributed by atoms with Crippen molar-refractivity contribution in [1.29, 1.82) is 0 Å². The number of likely N-dealkylation sites (tertiary alicyclic amines) is 1. The van der Waals surface area contributed by atoms with E-state index in [4.69, 9.17) is 0 Å². The third kappa shape index (κ3) is 5.49. The zero-order valence-corrected chi connectivity index (χ0v) is 13.4. The van der Waals surface area contributed by atoms with Crippen LogP contribution >= 0.6 is 0 Å². The average molecular weight is 298 g/mol. The Morgan fingerprint density at radius 1 is 1.14 bits per heavy atom. The largest absolute Gasteiger partial charge is 0.348 e. The molecule has 0 bridgehead atoms. The Hall–Kier alpha value is -1.87. The number of hydrogen-bond donors (Lipinski definition) is 1. The van der Waals surface area contributed by atoms with Gasteiger partial charge in [-0.3, -0.25) is 9.69 Å². The maximum absolute atomic E-state index is 11.8. The van der Waals surface area contributed by atoms with Crippen molar-refractivity contribution in [3.05, 3.63) is 59.7 Å². The van der Waals surface area contributed by atoms with Crippen LogP contribution in [-0.2, 0) is 17.9 Å². The lowest BCUT2D eigenvalue weighted by Crippen LogP contribution is -2.30. The van der Waals surface area contributed by atoms with E-state index in [0.717, 1.165) is 6.54 Å². The molecule has 0 saturated carbocycles. The Bertz CT molecular complexity index is 528. The molecule has 3 nitrogen and oxygen atoms in total. The summed E-state index contributed by atoms with van der Waals surface area (Å²) in [5, 5.41) is 2.96. The maximum Gasteiger partial charge on any atom is 0.244 e. The van der Waals surface area contributed by atoms with Crippen LogP contribution in [0.5, 0.6) is 0 Å². The molecule has 0 aliphatic carbocycles. The highest BCUT2D eigenvalue weighted by Gasteiger charge is 2.12. The summed E-state index contributed by atoms with van der Waals surface area (Å²) in [5.74, 6) is -0.0501. The Labute approximate surface area is 133 Å². The number of amides is 1. The first-order valence-electron chi connectivity index (χ1n) is 8.16. The van der Waals surface area contributed by atoms with E-state index in [2.05, 4.69) is 28.4 Å². The zero-order valence-electron chi connectivity index (χ0n) is 13.4. The smallest absolute Gasteiger partial charge is 0.244 e. The van der Waals surface area contributed by atoms with E-state index >= 15 is 0 Å². The van der Waals surface area contributed by atoms with Crippen molar-refractivity contribution in [2.75, 3.05) is 13.1 Å². The van der Waals surface area contributed by atoms with Crippen molar-refractivity contribution < 1.29 is 4.79 Å². The molecule has 118 valence electrons. The number of hydrogen-bond acceptors (Lipinski definition) is 2. The molecule has 1 fully saturated rings. The molecule has 1 N–H and O–H groups in total. The molecule has 0 spiro atoms. The minimum Gasteiger partial charge on any atom is -0.348 e. The summed E-state index contributed by atoms with van der Waals surface area (Å²) in [6, 6.07) is 8.40. The standard InChI is InChI=1S/C19H26N2O/c1-2-3-5-12-19(22)20-15-17-10-6-7-11-18(17)16-21-13-8-4-9-14-21/h2-3,5-7,10-12H,4,8-9,13-16H2,1H3,(H,20,22)/b3-2+,12-5+. The molecule has 1 heterocycles. The van der Waals surface area contributed by atoms with Crippen LogP contribution in [0.3, 0.4) is 0 Å². The van der Waals surface area contributed by atoms with E-state index in [1.807, 2.05) is 25.1 Å².